The predicted molar refractivity (Wildman–Crippen MR) is 137 cm³/mol. The van der Waals surface area contributed by atoms with Crippen LogP contribution in [-0.4, -0.2) is 28.6 Å². The van der Waals surface area contributed by atoms with Crippen LogP contribution in [0.25, 0.3) is 11.0 Å². The highest BCUT2D eigenvalue weighted by atomic mass is 19.1. The fourth-order valence-electron chi connectivity index (χ4n) is 4.10. The topological polar surface area (TPSA) is 56.1 Å². The number of nitrogens with one attached hydrogen (secondary N) is 1. The minimum Gasteiger partial charge on any atom is -0.494 e. The highest BCUT2D eigenvalue weighted by Gasteiger charge is 2.10. The third kappa shape index (κ3) is 6.92. The summed E-state index contributed by atoms with van der Waals surface area (Å²) in [6.07, 6.45) is 4.66. The van der Waals surface area contributed by atoms with Crippen LogP contribution in [0.15, 0.2) is 72.8 Å². The zero-order valence-corrected chi connectivity index (χ0v) is 20.2. The van der Waals surface area contributed by atoms with Crippen molar-refractivity contribution in [3.05, 3.63) is 95.6 Å². The Kier molecular flexibility index (Phi) is 8.49. The monoisotopic (exact) mass is 473 g/mol. The van der Waals surface area contributed by atoms with Gasteiger partial charge in [-0.05, 0) is 74.7 Å². The number of amides is 1. The van der Waals surface area contributed by atoms with Gasteiger partial charge in [0.1, 0.15) is 17.4 Å². The molecule has 1 aromatic heterocycles. The zero-order valence-electron chi connectivity index (χ0n) is 20.2. The Labute approximate surface area is 206 Å². The van der Waals surface area contributed by atoms with Gasteiger partial charge in [-0.2, -0.15) is 0 Å². The average molecular weight is 474 g/mol. The maximum atomic E-state index is 13.0. The molecule has 0 saturated heterocycles. The number of fused-ring (bicyclic) bond motifs is 1. The molecule has 1 N–H and O–H groups in total. The molecular weight excluding hydrogens is 441 g/mol. The minimum atomic E-state index is -0.341. The Morgan fingerprint density at radius 2 is 1.71 bits per heavy atom. The first-order valence-electron chi connectivity index (χ1n) is 12.3. The zero-order chi connectivity index (χ0) is 24.5. The van der Waals surface area contributed by atoms with Gasteiger partial charge in [-0.15, -0.1) is 0 Å². The largest absolute Gasteiger partial charge is 0.494 e. The predicted octanol–water partition coefficient (Wildman–Crippen LogP) is 6.10. The lowest BCUT2D eigenvalue weighted by Gasteiger charge is -2.11. The Morgan fingerprint density at radius 3 is 2.51 bits per heavy atom. The van der Waals surface area contributed by atoms with Crippen molar-refractivity contribution in [2.24, 2.45) is 0 Å². The molecular formula is C29H32FN3O2. The molecule has 4 rings (SSSR count). The van der Waals surface area contributed by atoms with Crippen LogP contribution in [0, 0.1) is 12.7 Å². The summed E-state index contributed by atoms with van der Waals surface area (Å²) >= 11 is 0. The molecule has 0 spiro atoms. The molecule has 0 aliphatic carbocycles. The van der Waals surface area contributed by atoms with Crippen molar-refractivity contribution < 1.29 is 13.9 Å². The summed E-state index contributed by atoms with van der Waals surface area (Å²) in [5.74, 6) is 1.49. The molecule has 1 amide bonds. The van der Waals surface area contributed by atoms with Gasteiger partial charge in [0.2, 0.25) is 0 Å². The number of aromatic nitrogens is 2. The molecule has 0 aliphatic heterocycles. The maximum absolute atomic E-state index is 13.0. The fourth-order valence-corrected chi connectivity index (χ4v) is 4.10. The van der Waals surface area contributed by atoms with Gasteiger partial charge in [0.05, 0.1) is 17.6 Å². The van der Waals surface area contributed by atoms with Crippen molar-refractivity contribution in [3.63, 3.8) is 0 Å². The molecule has 0 bridgehead atoms. The number of carbonyl (C=O) groups is 1. The molecule has 1 heterocycles. The van der Waals surface area contributed by atoms with E-state index in [0.717, 1.165) is 61.3 Å². The number of hydrogen-bond acceptors (Lipinski definition) is 3. The van der Waals surface area contributed by atoms with Gasteiger partial charge >= 0.3 is 0 Å². The SMILES string of the molecule is Cc1ccc(OCCCn2c(CCCCCNC(=O)c3ccc(F)cc3)nc3ccccc32)cc1. The summed E-state index contributed by atoms with van der Waals surface area (Å²) in [7, 11) is 0. The lowest BCUT2D eigenvalue weighted by atomic mass is 10.1. The number of benzene rings is 3. The Balaban J connectivity index is 1.23. The van der Waals surface area contributed by atoms with Crippen molar-refractivity contribution >= 4 is 16.9 Å². The fraction of sp³-hybridized carbons (Fsp3) is 0.310. The van der Waals surface area contributed by atoms with E-state index >= 15 is 0 Å². The number of carbonyl (C=O) groups excluding carboxylic acids is 1. The number of para-hydroxylation sites is 2. The van der Waals surface area contributed by atoms with Crippen molar-refractivity contribution in [2.45, 2.75) is 45.6 Å². The lowest BCUT2D eigenvalue weighted by Crippen LogP contribution is -2.24. The number of nitrogens with zero attached hydrogens (tertiary/aromatic N) is 2. The van der Waals surface area contributed by atoms with E-state index in [4.69, 9.17) is 9.72 Å². The van der Waals surface area contributed by atoms with Crippen molar-refractivity contribution in [1.82, 2.24) is 14.9 Å². The first-order chi connectivity index (χ1) is 17.1. The summed E-state index contributed by atoms with van der Waals surface area (Å²) in [6.45, 7) is 4.18. The van der Waals surface area contributed by atoms with E-state index < -0.39 is 0 Å². The van der Waals surface area contributed by atoms with E-state index in [2.05, 4.69) is 47.1 Å². The van der Waals surface area contributed by atoms with E-state index in [1.807, 2.05) is 18.2 Å². The number of rotatable bonds is 12. The van der Waals surface area contributed by atoms with Gasteiger partial charge in [-0.3, -0.25) is 4.79 Å². The Bertz CT molecular complexity index is 1230. The summed E-state index contributed by atoms with van der Waals surface area (Å²) in [6, 6.07) is 22.0. The van der Waals surface area contributed by atoms with Crippen molar-refractivity contribution in [2.75, 3.05) is 13.2 Å². The molecule has 6 heteroatoms. The number of aryl methyl sites for hydroxylation is 3. The van der Waals surface area contributed by atoms with E-state index in [0.29, 0.717) is 18.7 Å². The first-order valence-corrected chi connectivity index (χ1v) is 12.3. The molecule has 0 aliphatic rings. The molecule has 182 valence electrons. The molecule has 4 aromatic rings. The second-order valence-corrected chi connectivity index (χ2v) is 8.76. The van der Waals surface area contributed by atoms with Gasteiger partial charge in [0.15, 0.2) is 0 Å². The molecule has 35 heavy (non-hydrogen) atoms. The van der Waals surface area contributed by atoms with E-state index in [-0.39, 0.29) is 11.7 Å². The van der Waals surface area contributed by atoms with Crippen LogP contribution in [0.1, 0.15) is 47.4 Å². The summed E-state index contributed by atoms with van der Waals surface area (Å²) in [5, 5.41) is 2.90. The van der Waals surface area contributed by atoms with Crippen LogP contribution in [-0.2, 0) is 13.0 Å². The van der Waals surface area contributed by atoms with Crippen molar-refractivity contribution in [1.29, 1.82) is 0 Å². The lowest BCUT2D eigenvalue weighted by molar-refractivity contribution is 0.0953. The van der Waals surface area contributed by atoms with E-state index in [1.54, 1.807) is 0 Å². The van der Waals surface area contributed by atoms with Gasteiger partial charge in [0, 0.05) is 25.1 Å². The van der Waals surface area contributed by atoms with Crippen LogP contribution in [0.4, 0.5) is 4.39 Å². The number of unbranched alkanes of at least 4 members (excludes halogenated alkanes) is 2. The number of imidazole rings is 1. The molecule has 0 unspecified atom stereocenters. The quantitative estimate of drug-likeness (QED) is 0.253. The maximum Gasteiger partial charge on any atom is 0.251 e. The highest BCUT2D eigenvalue weighted by molar-refractivity contribution is 5.94. The molecule has 0 radical (unpaired) electrons. The summed E-state index contributed by atoms with van der Waals surface area (Å²) < 4.78 is 21.2. The van der Waals surface area contributed by atoms with E-state index in [9.17, 15) is 9.18 Å². The standard InChI is InChI=1S/C29H32FN3O2/c1-22-11-17-25(18-12-22)35-21-7-20-33-27-9-5-4-8-26(27)32-28(33)10-3-2-6-19-31-29(34)23-13-15-24(30)16-14-23/h4-5,8-9,11-18H,2-3,6-7,10,19-21H2,1H3,(H,31,34). The second-order valence-electron chi connectivity index (χ2n) is 8.76. The smallest absolute Gasteiger partial charge is 0.251 e. The normalized spacial score (nSPS) is 11.0. The average Bonchev–Trinajstić information content (AvgIpc) is 3.22. The van der Waals surface area contributed by atoms with Gasteiger partial charge in [-0.25, -0.2) is 9.37 Å². The first kappa shape index (κ1) is 24.5. The number of hydrogen-bond donors (Lipinski definition) is 1. The third-order valence-corrected chi connectivity index (χ3v) is 6.02. The second kappa shape index (κ2) is 12.2. The molecule has 0 saturated carbocycles. The van der Waals surface area contributed by atoms with Crippen LogP contribution < -0.4 is 10.1 Å². The summed E-state index contributed by atoms with van der Waals surface area (Å²) in [5.41, 5.74) is 3.88. The minimum absolute atomic E-state index is 0.167. The molecule has 5 nitrogen and oxygen atoms in total. The van der Waals surface area contributed by atoms with Gasteiger partial charge < -0.3 is 14.6 Å². The van der Waals surface area contributed by atoms with E-state index in [1.165, 1.54) is 29.8 Å². The van der Waals surface area contributed by atoms with Crippen LogP contribution in [0.2, 0.25) is 0 Å². The highest BCUT2D eigenvalue weighted by Crippen LogP contribution is 2.19. The molecule has 3 aromatic carbocycles. The molecule has 0 fully saturated rings. The van der Waals surface area contributed by atoms with Gasteiger partial charge in [0.25, 0.3) is 5.91 Å². The van der Waals surface area contributed by atoms with Crippen LogP contribution in [0.3, 0.4) is 0 Å². The Hall–Kier alpha value is -3.67. The Morgan fingerprint density at radius 1 is 0.943 bits per heavy atom. The molecule has 0 atom stereocenters. The summed E-state index contributed by atoms with van der Waals surface area (Å²) in [4.78, 5) is 17.0. The number of halogens is 1. The van der Waals surface area contributed by atoms with Gasteiger partial charge in [-0.1, -0.05) is 36.2 Å². The number of ether oxygens (including phenoxy) is 1. The van der Waals surface area contributed by atoms with Crippen LogP contribution >= 0.6 is 0 Å². The third-order valence-electron chi connectivity index (χ3n) is 6.02. The van der Waals surface area contributed by atoms with Crippen LogP contribution in [0.5, 0.6) is 5.75 Å². The van der Waals surface area contributed by atoms with Crippen molar-refractivity contribution in [3.8, 4) is 5.75 Å².